The fourth-order valence-electron chi connectivity index (χ4n) is 3.48. The highest BCUT2D eigenvalue weighted by molar-refractivity contribution is 5.39. The molecule has 2 aliphatic rings. The van der Waals surface area contributed by atoms with Crippen molar-refractivity contribution in [3.8, 4) is 5.75 Å². The van der Waals surface area contributed by atoms with E-state index in [-0.39, 0.29) is 0 Å². The number of hydrogen-bond donors (Lipinski definition) is 1. The van der Waals surface area contributed by atoms with Crippen molar-refractivity contribution in [1.29, 1.82) is 0 Å². The highest BCUT2D eigenvalue weighted by atomic mass is 16.5. The summed E-state index contributed by atoms with van der Waals surface area (Å²) in [7, 11) is 1.75. The number of ether oxygens (including phenoxy) is 1. The highest BCUT2D eigenvalue weighted by Crippen LogP contribution is 2.32. The standard InChI is InChI=1S/C18H25NO/c1-20-16-10-11-17-15(12-16)8-5-9-18(17)19-13-14-6-3-2-4-7-14/h2-3,10-12,14,18-19H,4-9,13H2,1H3. The van der Waals surface area contributed by atoms with Crippen LogP contribution >= 0.6 is 0 Å². The van der Waals surface area contributed by atoms with Crippen LogP contribution in [0.1, 0.15) is 49.3 Å². The largest absolute Gasteiger partial charge is 0.497 e. The molecule has 1 aromatic rings. The summed E-state index contributed by atoms with van der Waals surface area (Å²) in [5.74, 6) is 1.81. The lowest BCUT2D eigenvalue weighted by Gasteiger charge is -2.29. The Labute approximate surface area is 122 Å². The number of rotatable bonds is 4. The third-order valence-corrected chi connectivity index (χ3v) is 4.70. The van der Waals surface area contributed by atoms with Crippen LogP contribution in [0.4, 0.5) is 0 Å². The van der Waals surface area contributed by atoms with Crippen LogP contribution < -0.4 is 10.1 Å². The highest BCUT2D eigenvalue weighted by Gasteiger charge is 2.21. The van der Waals surface area contributed by atoms with Crippen molar-refractivity contribution in [3.63, 3.8) is 0 Å². The van der Waals surface area contributed by atoms with Gasteiger partial charge in [-0.15, -0.1) is 0 Å². The van der Waals surface area contributed by atoms with Crippen LogP contribution in [0.3, 0.4) is 0 Å². The predicted molar refractivity (Wildman–Crippen MR) is 83.2 cm³/mol. The molecular weight excluding hydrogens is 246 g/mol. The van der Waals surface area contributed by atoms with E-state index in [1.807, 2.05) is 0 Å². The van der Waals surface area contributed by atoms with Gasteiger partial charge in [-0.3, -0.25) is 0 Å². The molecule has 0 heterocycles. The molecule has 0 aromatic heterocycles. The molecule has 0 radical (unpaired) electrons. The van der Waals surface area contributed by atoms with Gasteiger partial charge in [0.2, 0.25) is 0 Å². The van der Waals surface area contributed by atoms with Gasteiger partial charge in [-0.2, -0.15) is 0 Å². The minimum absolute atomic E-state index is 0.538. The number of fused-ring (bicyclic) bond motifs is 1. The maximum Gasteiger partial charge on any atom is 0.119 e. The zero-order chi connectivity index (χ0) is 13.8. The van der Waals surface area contributed by atoms with Crippen LogP contribution in [0, 0.1) is 5.92 Å². The Bertz CT molecular complexity index is 480. The van der Waals surface area contributed by atoms with Gasteiger partial charge in [0.05, 0.1) is 7.11 Å². The normalized spacial score (nSPS) is 25.2. The van der Waals surface area contributed by atoms with E-state index in [1.54, 1.807) is 7.11 Å². The van der Waals surface area contributed by atoms with Gasteiger partial charge in [0.15, 0.2) is 0 Å². The van der Waals surface area contributed by atoms with Crippen molar-refractivity contribution >= 4 is 0 Å². The van der Waals surface area contributed by atoms with Gasteiger partial charge in [0.1, 0.15) is 5.75 Å². The monoisotopic (exact) mass is 271 g/mol. The molecule has 2 heteroatoms. The van der Waals surface area contributed by atoms with E-state index < -0.39 is 0 Å². The summed E-state index contributed by atoms with van der Waals surface area (Å²) in [4.78, 5) is 0. The lowest BCUT2D eigenvalue weighted by Crippen LogP contribution is -2.30. The number of methoxy groups -OCH3 is 1. The molecule has 2 nitrogen and oxygen atoms in total. The van der Waals surface area contributed by atoms with Crippen LogP contribution in [0.15, 0.2) is 30.4 Å². The molecule has 0 saturated carbocycles. The van der Waals surface area contributed by atoms with Crippen molar-refractivity contribution in [2.24, 2.45) is 5.92 Å². The molecule has 0 saturated heterocycles. The predicted octanol–water partition coefficient (Wildman–Crippen LogP) is 4.02. The number of hydrogen-bond acceptors (Lipinski definition) is 2. The summed E-state index contributed by atoms with van der Waals surface area (Å²) in [5, 5.41) is 3.81. The third kappa shape index (κ3) is 3.06. The molecule has 20 heavy (non-hydrogen) atoms. The maximum atomic E-state index is 5.34. The fraction of sp³-hybridized carbons (Fsp3) is 0.556. The second kappa shape index (κ2) is 6.45. The second-order valence-electron chi connectivity index (χ2n) is 6.07. The molecule has 108 valence electrons. The lowest BCUT2D eigenvalue weighted by atomic mass is 9.86. The van der Waals surface area contributed by atoms with Crippen LogP contribution in [0.5, 0.6) is 5.75 Å². The fourth-order valence-corrected chi connectivity index (χ4v) is 3.48. The van der Waals surface area contributed by atoms with Gasteiger partial charge in [-0.25, -0.2) is 0 Å². The van der Waals surface area contributed by atoms with E-state index in [4.69, 9.17) is 4.74 Å². The number of nitrogens with one attached hydrogen (secondary N) is 1. The molecule has 2 unspecified atom stereocenters. The van der Waals surface area contributed by atoms with Gasteiger partial charge in [0.25, 0.3) is 0 Å². The van der Waals surface area contributed by atoms with E-state index in [1.165, 1.54) is 49.7 Å². The molecule has 1 N–H and O–H groups in total. The Morgan fingerprint density at radius 3 is 3.00 bits per heavy atom. The molecule has 0 bridgehead atoms. The summed E-state index contributed by atoms with van der Waals surface area (Å²) >= 11 is 0. The topological polar surface area (TPSA) is 21.3 Å². The van der Waals surface area contributed by atoms with E-state index in [2.05, 4.69) is 35.7 Å². The molecule has 0 amide bonds. The third-order valence-electron chi connectivity index (χ3n) is 4.70. The quantitative estimate of drug-likeness (QED) is 0.835. The van der Waals surface area contributed by atoms with E-state index in [0.29, 0.717) is 6.04 Å². The van der Waals surface area contributed by atoms with E-state index in [9.17, 15) is 0 Å². The summed E-state index contributed by atoms with van der Waals surface area (Å²) < 4.78 is 5.34. The smallest absolute Gasteiger partial charge is 0.119 e. The summed E-state index contributed by atoms with van der Waals surface area (Å²) in [6.07, 6.45) is 12.2. The molecular formula is C18H25NO. The van der Waals surface area contributed by atoms with Crippen molar-refractivity contribution in [2.75, 3.05) is 13.7 Å². The summed E-state index contributed by atoms with van der Waals surface area (Å²) in [6.45, 7) is 1.15. The Kier molecular flexibility index (Phi) is 4.41. The average Bonchev–Trinajstić information content (AvgIpc) is 2.53. The first-order valence-electron chi connectivity index (χ1n) is 7.92. The Balaban J connectivity index is 1.65. The summed E-state index contributed by atoms with van der Waals surface area (Å²) in [6, 6.07) is 7.11. The van der Waals surface area contributed by atoms with Crippen LogP contribution in [-0.4, -0.2) is 13.7 Å². The molecule has 2 atom stereocenters. The van der Waals surface area contributed by atoms with Gasteiger partial charge < -0.3 is 10.1 Å². The van der Waals surface area contributed by atoms with E-state index in [0.717, 1.165) is 18.2 Å². The average molecular weight is 271 g/mol. The molecule has 0 aliphatic heterocycles. The number of aryl methyl sites for hydroxylation is 1. The Hall–Kier alpha value is -1.28. The molecule has 0 spiro atoms. The molecule has 2 aliphatic carbocycles. The van der Waals surface area contributed by atoms with Crippen LogP contribution in [0.2, 0.25) is 0 Å². The number of benzene rings is 1. The minimum atomic E-state index is 0.538. The Morgan fingerprint density at radius 1 is 1.25 bits per heavy atom. The second-order valence-corrected chi connectivity index (χ2v) is 6.07. The van der Waals surface area contributed by atoms with Crippen molar-refractivity contribution in [2.45, 2.75) is 44.6 Å². The first kappa shape index (κ1) is 13.7. The molecule has 3 rings (SSSR count). The first-order chi connectivity index (χ1) is 9.86. The zero-order valence-corrected chi connectivity index (χ0v) is 12.4. The van der Waals surface area contributed by atoms with Crippen molar-refractivity contribution in [1.82, 2.24) is 5.32 Å². The van der Waals surface area contributed by atoms with Crippen molar-refractivity contribution < 1.29 is 4.74 Å². The molecule has 1 aromatic carbocycles. The number of allylic oxidation sites excluding steroid dienone is 2. The van der Waals surface area contributed by atoms with Crippen molar-refractivity contribution in [3.05, 3.63) is 41.5 Å². The van der Waals surface area contributed by atoms with Gasteiger partial charge in [-0.1, -0.05) is 18.2 Å². The van der Waals surface area contributed by atoms with Gasteiger partial charge in [-0.05, 0) is 74.2 Å². The zero-order valence-electron chi connectivity index (χ0n) is 12.4. The lowest BCUT2D eigenvalue weighted by molar-refractivity contribution is 0.379. The van der Waals surface area contributed by atoms with E-state index >= 15 is 0 Å². The Morgan fingerprint density at radius 2 is 2.20 bits per heavy atom. The van der Waals surface area contributed by atoms with Crippen LogP contribution in [0.25, 0.3) is 0 Å². The van der Waals surface area contributed by atoms with Crippen LogP contribution in [-0.2, 0) is 6.42 Å². The molecule has 0 fully saturated rings. The summed E-state index contributed by atoms with van der Waals surface area (Å²) in [5.41, 5.74) is 2.96. The first-order valence-corrected chi connectivity index (χ1v) is 7.92. The minimum Gasteiger partial charge on any atom is -0.497 e. The van der Waals surface area contributed by atoms with Gasteiger partial charge in [0, 0.05) is 6.04 Å². The van der Waals surface area contributed by atoms with Gasteiger partial charge >= 0.3 is 0 Å². The maximum absolute atomic E-state index is 5.34. The SMILES string of the molecule is COc1ccc2c(c1)CCCC2NCC1CC=CCC1.